The van der Waals surface area contributed by atoms with Gasteiger partial charge in [0.25, 0.3) is 0 Å². The highest BCUT2D eigenvalue weighted by Gasteiger charge is 1.94. The first-order valence-electron chi connectivity index (χ1n) is 7.66. The summed E-state index contributed by atoms with van der Waals surface area (Å²) in [6, 6.07) is 2.82. The lowest BCUT2D eigenvalue weighted by Crippen LogP contribution is -1.97. The van der Waals surface area contributed by atoms with Gasteiger partial charge in [0, 0.05) is 26.3 Å². The van der Waals surface area contributed by atoms with Gasteiger partial charge in [-0.15, -0.1) is 0 Å². The normalized spacial score (nSPS) is 22.2. The van der Waals surface area contributed by atoms with E-state index in [1.54, 1.807) is 0 Å². The lowest BCUT2D eigenvalue weighted by atomic mass is 10.1. The molecular weight excluding hydrogens is 224 g/mol. The molecule has 1 rings (SSSR count). The van der Waals surface area contributed by atoms with Crippen LogP contribution in [0, 0.1) is 0 Å². The minimum Gasteiger partial charge on any atom is -0.381 e. The summed E-state index contributed by atoms with van der Waals surface area (Å²) < 4.78 is 5.63. The molecule has 3 nitrogen and oxygen atoms in total. The van der Waals surface area contributed by atoms with Crippen LogP contribution in [0.2, 0.25) is 0 Å². The fraction of sp³-hybridized carbons (Fsp3) is 0.933. The molecule has 104 valence electrons. The largest absolute Gasteiger partial charge is 0.381 e. The van der Waals surface area contributed by atoms with Crippen LogP contribution in [0.5, 0.6) is 0 Å². The number of aliphatic imine (C=N–C) groups is 2. The lowest BCUT2D eigenvalue weighted by molar-refractivity contribution is 0.125. The van der Waals surface area contributed by atoms with Crippen LogP contribution in [-0.2, 0) is 4.74 Å². The van der Waals surface area contributed by atoms with Crippen molar-refractivity contribution in [2.45, 2.75) is 64.2 Å². The van der Waals surface area contributed by atoms with Crippen molar-refractivity contribution in [2.24, 2.45) is 9.98 Å². The second kappa shape index (κ2) is 12.8. The third-order valence-electron chi connectivity index (χ3n) is 3.26. The molecular formula is C15H28N2O. The first-order chi connectivity index (χ1) is 9.00. The Balaban J connectivity index is 2.13. The molecule has 0 saturated carbocycles. The SMILES string of the molecule is C1=NCCCCCCCOCCCCCCCN=1. The van der Waals surface area contributed by atoms with Gasteiger partial charge < -0.3 is 4.74 Å². The van der Waals surface area contributed by atoms with Gasteiger partial charge in [0.05, 0.1) is 6.01 Å². The quantitative estimate of drug-likeness (QED) is 0.639. The van der Waals surface area contributed by atoms with Crippen molar-refractivity contribution >= 4 is 6.01 Å². The van der Waals surface area contributed by atoms with Gasteiger partial charge >= 0.3 is 0 Å². The van der Waals surface area contributed by atoms with Crippen LogP contribution in [-0.4, -0.2) is 32.3 Å². The van der Waals surface area contributed by atoms with Crippen molar-refractivity contribution in [2.75, 3.05) is 26.3 Å². The molecule has 0 saturated heterocycles. The number of hydrogen-bond acceptors (Lipinski definition) is 3. The van der Waals surface area contributed by atoms with Crippen molar-refractivity contribution in [3.63, 3.8) is 0 Å². The standard InChI is InChI=1S/C15H28N2O/c1-3-7-11-16-15-17-12-8-4-2-6-10-14-18-13-9-5-1/h1-14H2. The average molecular weight is 252 g/mol. The molecule has 0 aliphatic carbocycles. The molecule has 1 aliphatic rings. The zero-order chi connectivity index (χ0) is 12.7. The fourth-order valence-electron chi connectivity index (χ4n) is 2.10. The van der Waals surface area contributed by atoms with Crippen LogP contribution >= 0.6 is 0 Å². The summed E-state index contributed by atoms with van der Waals surface area (Å²) in [6.07, 6.45) is 12.5. The minimum absolute atomic E-state index is 0.889. The molecule has 0 unspecified atom stereocenters. The van der Waals surface area contributed by atoms with Crippen LogP contribution in [0.1, 0.15) is 64.2 Å². The molecule has 0 aromatic heterocycles. The van der Waals surface area contributed by atoms with Gasteiger partial charge in [0.1, 0.15) is 0 Å². The maximum atomic E-state index is 5.63. The fourth-order valence-corrected chi connectivity index (χ4v) is 2.10. The smallest absolute Gasteiger partial charge is 0.0892 e. The van der Waals surface area contributed by atoms with Gasteiger partial charge in [-0.1, -0.05) is 38.5 Å². The van der Waals surface area contributed by atoms with Crippen LogP contribution < -0.4 is 0 Å². The number of hydrogen-bond donors (Lipinski definition) is 0. The zero-order valence-electron chi connectivity index (χ0n) is 11.7. The van der Waals surface area contributed by atoms with Crippen LogP contribution in [0.4, 0.5) is 0 Å². The van der Waals surface area contributed by atoms with E-state index < -0.39 is 0 Å². The van der Waals surface area contributed by atoms with Crippen molar-refractivity contribution in [3.8, 4) is 0 Å². The molecule has 1 aliphatic heterocycles. The Morgan fingerprint density at radius 3 is 1.56 bits per heavy atom. The Morgan fingerprint density at radius 1 is 0.556 bits per heavy atom. The highest BCUT2D eigenvalue weighted by atomic mass is 16.5. The van der Waals surface area contributed by atoms with E-state index in [9.17, 15) is 0 Å². The van der Waals surface area contributed by atoms with Crippen LogP contribution in [0.3, 0.4) is 0 Å². The Bertz CT molecular complexity index is 215. The van der Waals surface area contributed by atoms with E-state index >= 15 is 0 Å². The minimum atomic E-state index is 0.889. The topological polar surface area (TPSA) is 34.0 Å². The highest BCUT2D eigenvalue weighted by molar-refractivity contribution is 5.40. The van der Waals surface area contributed by atoms with E-state index in [0.29, 0.717) is 0 Å². The lowest BCUT2D eigenvalue weighted by Gasteiger charge is -2.04. The predicted octanol–water partition coefficient (Wildman–Crippen LogP) is 4.09. The molecule has 0 aromatic rings. The maximum Gasteiger partial charge on any atom is 0.0892 e. The van der Waals surface area contributed by atoms with E-state index in [2.05, 4.69) is 16.0 Å². The van der Waals surface area contributed by atoms with Gasteiger partial charge in [0.15, 0.2) is 0 Å². The monoisotopic (exact) mass is 252 g/mol. The predicted molar refractivity (Wildman–Crippen MR) is 76.6 cm³/mol. The summed E-state index contributed by atoms with van der Waals surface area (Å²) in [7, 11) is 0. The third kappa shape index (κ3) is 10.5. The van der Waals surface area contributed by atoms with Crippen LogP contribution in [0.25, 0.3) is 0 Å². The molecule has 0 radical (unpaired) electrons. The summed E-state index contributed by atoms with van der Waals surface area (Å²) in [6.45, 7) is 3.68. The Morgan fingerprint density at radius 2 is 1.00 bits per heavy atom. The van der Waals surface area contributed by atoms with Gasteiger partial charge in [-0.3, -0.25) is 0 Å². The molecule has 1 heterocycles. The summed E-state index contributed by atoms with van der Waals surface area (Å²) in [5, 5.41) is 0. The van der Waals surface area contributed by atoms with Gasteiger partial charge in [-0.2, -0.15) is 0 Å². The van der Waals surface area contributed by atoms with Gasteiger partial charge in [-0.25, -0.2) is 9.98 Å². The first-order valence-corrected chi connectivity index (χ1v) is 7.66. The second-order valence-electron chi connectivity index (χ2n) is 5.01. The Kier molecular flexibility index (Phi) is 10.9. The molecule has 0 spiro atoms. The third-order valence-corrected chi connectivity index (χ3v) is 3.26. The van der Waals surface area contributed by atoms with Gasteiger partial charge in [-0.05, 0) is 25.7 Å². The molecule has 0 amide bonds. The van der Waals surface area contributed by atoms with E-state index in [1.165, 1.54) is 64.2 Å². The highest BCUT2D eigenvalue weighted by Crippen LogP contribution is 2.06. The zero-order valence-corrected chi connectivity index (χ0v) is 11.7. The summed E-state index contributed by atoms with van der Waals surface area (Å²) >= 11 is 0. The van der Waals surface area contributed by atoms with E-state index in [-0.39, 0.29) is 0 Å². The van der Waals surface area contributed by atoms with Crippen molar-refractivity contribution in [1.82, 2.24) is 0 Å². The molecule has 0 aromatic carbocycles. The van der Waals surface area contributed by atoms with Gasteiger partial charge in [0.2, 0.25) is 0 Å². The summed E-state index contributed by atoms with van der Waals surface area (Å²) in [5.41, 5.74) is 0. The second-order valence-corrected chi connectivity index (χ2v) is 5.01. The maximum absolute atomic E-state index is 5.63. The summed E-state index contributed by atoms with van der Waals surface area (Å²) in [4.78, 5) is 8.39. The van der Waals surface area contributed by atoms with E-state index in [0.717, 1.165) is 26.3 Å². The number of rotatable bonds is 0. The number of nitrogens with zero attached hydrogens (tertiary/aromatic N) is 2. The molecule has 18 heavy (non-hydrogen) atoms. The van der Waals surface area contributed by atoms with Crippen molar-refractivity contribution < 1.29 is 4.74 Å². The molecule has 0 atom stereocenters. The molecule has 3 heteroatoms. The summed E-state index contributed by atoms with van der Waals surface area (Å²) in [5.74, 6) is 0. The number of ether oxygens (including phenoxy) is 1. The van der Waals surface area contributed by atoms with E-state index in [1.807, 2.05) is 0 Å². The van der Waals surface area contributed by atoms with Crippen molar-refractivity contribution in [1.29, 1.82) is 0 Å². The average Bonchev–Trinajstić information content (AvgIpc) is 2.39. The Labute approximate surface area is 112 Å². The van der Waals surface area contributed by atoms with Crippen LogP contribution in [0.15, 0.2) is 9.98 Å². The van der Waals surface area contributed by atoms with E-state index in [4.69, 9.17) is 4.74 Å². The first kappa shape index (κ1) is 15.4. The molecule has 0 bridgehead atoms. The Hall–Kier alpha value is -0.660. The molecule has 0 fully saturated rings. The molecule has 0 N–H and O–H groups in total. The van der Waals surface area contributed by atoms with Crippen molar-refractivity contribution in [3.05, 3.63) is 0 Å².